The molecule has 3 aromatic rings. The molecule has 0 amide bonds. The summed E-state index contributed by atoms with van der Waals surface area (Å²) in [6, 6.07) is 22.8. The van der Waals surface area contributed by atoms with Crippen LogP contribution < -0.4 is 24.0 Å². The Kier molecular flexibility index (Phi) is 15.1. The second kappa shape index (κ2) is 19.9. The third-order valence-electron chi connectivity index (χ3n) is 9.61. The zero-order valence-electron chi connectivity index (χ0n) is 30.8. The van der Waals surface area contributed by atoms with Gasteiger partial charge in [0.05, 0.1) is 36.2 Å². The molecule has 13 heteroatoms. The predicted molar refractivity (Wildman–Crippen MR) is 209 cm³/mol. The first-order valence-corrected chi connectivity index (χ1v) is 22.5. The van der Waals surface area contributed by atoms with Gasteiger partial charge in [-0.25, -0.2) is 21.6 Å². The van der Waals surface area contributed by atoms with Gasteiger partial charge in [0.2, 0.25) is 6.10 Å². The molecule has 0 bridgehead atoms. The monoisotopic (exact) mass is 770 g/mol. The van der Waals surface area contributed by atoms with Crippen LogP contribution in [0.2, 0.25) is 0 Å². The van der Waals surface area contributed by atoms with Gasteiger partial charge < -0.3 is 28.7 Å². The highest BCUT2D eigenvalue weighted by molar-refractivity contribution is 7.91. The first-order chi connectivity index (χ1) is 25.6. The van der Waals surface area contributed by atoms with Crippen LogP contribution in [0.1, 0.15) is 56.9 Å². The lowest BCUT2D eigenvalue weighted by atomic mass is 10.1. The first kappa shape index (κ1) is 40.2. The Morgan fingerprint density at radius 1 is 0.566 bits per heavy atom. The Hall–Kier alpha value is -3.97. The lowest BCUT2D eigenvalue weighted by Crippen LogP contribution is -2.40. The van der Waals surface area contributed by atoms with Gasteiger partial charge >= 0.3 is 5.97 Å². The van der Waals surface area contributed by atoms with Gasteiger partial charge in [-0.2, -0.15) is 0 Å². The molecule has 0 saturated carbocycles. The van der Waals surface area contributed by atoms with Gasteiger partial charge in [-0.1, -0.05) is 56.2 Å². The minimum absolute atomic E-state index is 0.0140. The average molecular weight is 771 g/mol. The molecule has 53 heavy (non-hydrogen) atoms. The fraction of sp³-hybridized carbons (Fsp3) is 0.525. The second-order valence-electron chi connectivity index (χ2n) is 13.8. The van der Waals surface area contributed by atoms with Crippen LogP contribution >= 0.6 is 0 Å². The van der Waals surface area contributed by atoms with Crippen molar-refractivity contribution in [3.05, 3.63) is 78.4 Å². The molecule has 2 heterocycles. The summed E-state index contributed by atoms with van der Waals surface area (Å²) in [6.07, 6.45) is 7.46. The number of sulfone groups is 2. The van der Waals surface area contributed by atoms with Crippen molar-refractivity contribution in [1.82, 2.24) is 0 Å². The Balaban J connectivity index is 0.929. The molecule has 0 aromatic heterocycles. The number of ether oxygens (including phenoxy) is 4. The van der Waals surface area contributed by atoms with Gasteiger partial charge in [-0.05, 0) is 80.4 Å². The average Bonchev–Trinajstić information content (AvgIpc) is 3.15. The number of hydrogen-bond donors (Lipinski definition) is 0. The van der Waals surface area contributed by atoms with E-state index in [1.807, 2.05) is 84.6 Å². The van der Waals surface area contributed by atoms with E-state index in [4.69, 9.17) is 18.9 Å². The van der Waals surface area contributed by atoms with Crippen molar-refractivity contribution in [1.29, 1.82) is 0 Å². The van der Waals surface area contributed by atoms with E-state index < -0.39 is 31.7 Å². The van der Waals surface area contributed by atoms with Crippen LogP contribution in [-0.2, 0) is 29.2 Å². The maximum atomic E-state index is 13.1. The molecule has 2 aliphatic heterocycles. The number of unbranched alkanes of at least 4 members (excludes halogenated alkanes) is 7. The third-order valence-corrected chi connectivity index (χ3v) is 12.8. The highest BCUT2D eigenvalue weighted by Crippen LogP contribution is 2.24. The molecule has 2 saturated heterocycles. The van der Waals surface area contributed by atoms with Crippen LogP contribution in [0.3, 0.4) is 0 Å². The van der Waals surface area contributed by atoms with Crippen molar-refractivity contribution < 1.29 is 40.6 Å². The minimum Gasteiger partial charge on any atom is -0.494 e. The van der Waals surface area contributed by atoms with Crippen LogP contribution in [0.15, 0.2) is 72.8 Å². The van der Waals surface area contributed by atoms with Gasteiger partial charge in [0.1, 0.15) is 23.9 Å². The Morgan fingerprint density at radius 3 is 1.47 bits per heavy atom. The maximum absolute atomic E-state index is 13.1. The highest BCUT2D eigenvalue weighted by atomic mass is 32.2. The summed E-state index contributed by atoms with van der Waals surface area (Å²) >= 11 is 0. The Bertz CT molecular complexity index is 1760. The van der Waals surface area contributed by atoms with E-state index in [2.05, 4.69) is 4.90 Å². The Labute approximate surface area is 315 Å². The topological polar surface area (TPSA) is 129 Å². The maximum Gasteiger partial charge on any atom is 0.350 e. The van der Waals surface area contributed by atoms with Gasteiger partial charge in [0, 0.05) is 37.6 Å². The van der Waals surface area contributed by atoms with Crippen LogP contribution in [0.4, 0.5) is 11.4 Å². The normalized spacial score (nSPS) is 17.2. The van der Waals surface area contributed by atoms with Gasteiger partial charge in [0.25, 0.3) is 0 Å². The molecule has 2 fully saturated rings. The van der Waals surface area contributed by atoms with Crippen molar-refractivity contribution in [2.75, 3.05) is 78.8 Å². The number of hydrogen-bond acceptors (Lipinski definition) is 11. The molecule has 0 spiro atoms. The highest BCUT2D eigenvalue weighted by Gasteiger charge is 2.25. The van der Waals surface area contributed by atoms with Crippen LogP contribution in [0.5, 0.6) is 17.2 Å². The van der Waals surface area contributed by atoms with E-state index in [0.717, 1.165) is 74.1 Å². The number of esters is 1. The van der Waals surface area contributed by atoms with Gasteiger partial charge in [-0.15, -0.1) is 0 Å². The van der Waals surface area contributed by atoms with Crippen molar-refractivity contribution >= 4 is 37.0 Å². The molecule has 5 rings (SSSR count). The van der Waals surface area contributed by atoms with E-state index >= 15 is 0 Å². The summed E-state index contributed by atoms with van der Waals surface area (Å²) in [7, 11) is -5.84. The quantitative estimate of drug-likeness (QED) is 0.0987. The Morgan fingerprint density at radius 2 is 0.981 bits per heavy atom. The summed E-state index contributed by atoms with van der Waals surface area (Å²) in [4.78, 5) is 17.2. The third kappa shape index (κ3) is 13.7. The van der Waals surface area contributed by atoms with Crippen LogP contribution in [-0.4, -0.2) is 97.9 Å². The number of nitrogens with zero attached hydrogens (tertiary/aromatic N) is 2. The molecule has 2 aliphatic rings. The first-order valence-electron chi connectivity index (χ1n) is 18.8. The van der Waals surface area contributed by atoms with Gasteiger partial charge in [0.15, 0.2) is 19.7 Å². The van der Waals surface area contributed by atoms with E-state index in [-0.39, 0.29) is 29.6 Å². The number of aryl methyl sites for hydroxylation is 1. The van der Waals surface area contributed by atoms with Crippen molar-refractivity contribution in [2.45, 2.75) is 64.4 Å². The van der Waals surface area contributed by atoms with Crippen molar-refractivity contribution in [3.63, 3.8) is 0 Å². The van der Waals surface area contributed by atoms with Crippen molar-refractivity contribution in [2.24, 2.45) is 0 Å². The number of carbonyl (C=O) groups excluding carboxylic acids is 1. The fourth-order valence-electron chi connectivity index (χ4n) is 6.27. The zero-order valence-corrected chi connectivity index (χ0v) is 32.5. The SMILES string of the molecule is Cc1ccc(OC(COc2ccc(N3CCS(=O)(=O)CC3)cc2)C(=O)OCCCCCCCCCCOc2ccc(N3CCS(=O)(=O)CC3)cc2)cc1. The molecular weight excluding hydrogens is 717 g/mol. The number of benzene rings is 3. The molecule has 3 aromatic carbocycles. The lowest BCUT2D eigenvalue weighted by molar-refractivity contribution is -0.153. The molecular formula is C40H54N2O9S2. The smallest absolute Gasteiger partial charge is 0.350 e. The van der Waals surface area contributed by atoms with E-state index in [1.54, 1.807) is 0 Å². The summed E-state index contributed by atoms with van der Waals surface area (Å²) in [6.45, 7) is 4.98. The van der Waals surface area contributed by atoms with E-state index in [0.29, 0.717) is 50.9 Å². The van der Waals surface area contributed by atoms with Crippen molar-refractivity contribution in [3.8, 4) is 17.2 Å². The van der Waals surface area contributed by atoms with Crippen LogP contribution in [0, 0.1) is 6.92 Å². The summed E-state index contributed by atoms with van der Waals surface area (Å²) < 4.78 is 70.4. The fourth-order valence-corrected chi connectivity index (χ4v) is 8.67. The molecule has 290 valence electrons. The number of anilines is 2. The van der Waals surface area contributed by atoms with E-state index in [1.165, 1.54) is 0 Å². The summed E-state index contributed by atoms with van der Waals surface area (Å²) in [5.74, 6) is 2.24. The largest absolute Gasteiger partial charge is 0.494 e. The predicted octanol–water partition coefficient (Wildman–Crippen LogP) is 6.03. The number of carbonyl (C=O) groups is 1. The molecule has 0 N–H and O–H groups in total. The van der Waals surface area contributed by atoms with E-state index in [9.17, 15) is 21.6 Å². The molecule has 0 aliphatic carbocycles. The van der Waals surface area contributed by atoms with Gasteiger partial charge in [-0.3, -0.25) is 0 Å². The second-order valence-corrected chi connectivity index (χ2v) is 18.4. The molecule has 0 radical (unpaired) electrons. The zero-order chi connectivity index (χ0) is 37.5. The number of rotatable bonds is 20. The minimum atomic E-state index is -2.95. The molecule has 11 nitrogen and oxygen atoms in total. The standard InChI is InChI=1S/C40H54N2O9S2/c1-33-10-16-38(17-11-33)51-39(32-50-37-20-14-35(15-21-37)42-24-30-53(46,47)31-25-42)40(43)49-27-9-7-5-3-2-4-6-8-26-48-36-18-12-34(13-19-36)41-22-28-52(44,45)29-23-41/h10-21,39H,2-9,22-32H2,1H3. The van der Waals surface area contributed by atoms with Crippen LogP contribution in [0.25, 0.3) is 0 Å². The summed E-state index contributed by atoms with van der Waals surface area (Å²) in [5.41, 5.74) is 3.05. The summed E-state index contributed by atoms with van der Waals surface area (Å²) in [5, 5.41) is 0. The molecule has 1 atom stereocenters. The molecule has 1 unspecified atom stereocenters. The lowest BCUT2D eigenvalue weighted by Gasteiger charge is -2.28.